The third-order valence-electron chi connectivity index (χ3n) is 3.31. The van der Waals surface area contributed by atoms with Crippen LogP contribution in [0.5, 0.6) is 0 Å². The number of methoxy groups -OCH3 is 1. The molecule has 0 spiro atoms. The van der Waals surface area contributed by atoms with Crippen molar-refractivity contribution in [2.45, 2.75) is 31.4 Å². The van der Waals surface area contributed by atoms with Gasteiger partial charge in [-0.1, -0.05) is 0 Å². The Balaban J connectivity index is 1.96. The predicted molar refractivity (Wildman–Crippen MR) is 65.7 cm³/mol. The minimum Gasteiger partial charge on any atom is -0.397 e. The van der Waals surface area contributed by atoms with Gasteiger partial charge in [0.05, 0.1) is 11.8 Å². The summed E-state index contributed by atoms with van der Waals surface area (Å²) in [5.41, 5.74) is 6.86. The Kier molecular flexibility index (Phi) is 3.38. The van der Waals surface area contributed by atoms with Crippen molar-refractivity contribution in [2.75, 3.05) is 12.8 Å². The van der Waals surface area contributed by atoms with Gasteiger partial charge in [-0.05, 0) is 25.3 Å². The lowest BCUT2D eigenvalue weighted by Gasteiger charge is -2.13. The molecule has 0 aromatic carbocycles. The Morgan fingerprint density at radius 3 is 2.88 bits per heavy atom. The monoisotopic (exact) mass is 237 g/mol. The topological polar surface area (TPSA) is 69.3 Å². The van der Waals surface area contributed by atoms with Gasteiger partial charge in [-0.2, -0.15) is 0 Å². The smallest absolute Gasteiger partial charge is 0.268 e. The van der Waals surface area contributed by atoms with Gasteiger partial charge in [0.1, 0.15) is 5.69 Å². The summed E-state index contributed by atoms with van der Waals surface area (Å²) in [7, 11) is 3.53. The lowest BCUT2D eigenvalue weighted by atomic mass is 10.2. The molecule has 3 N–H and O–H groups in total. The fourth-order valence-corrected chi connectivity index (χ4v) is 2.36. The SMILES string of the molecule is COC1CCC(NC(=O)c2cc(N)cn2C)C1. The minimum atomic E-state index is -0.0639. The van der Waals surface area contributed by atoms with Crippen LogP contribution in [0.15, 0.2) is 12.3 Å². The first kappa shape index (κ1) is 12.0. The van der Waals surface area contributed by atoms with Crippen LogP contribution in [0.1, 0.15) is 29.8 Å². The van der Waals surface area contributed by atoms with E-state index in [1.54, 1.807) is 23.9 Å². The van der Waals surface area contributed by atoms with Crippen LogP contribution >= 0.6 is 0 Å². The molecule has 1 heterocycles. The van der Waals surface area contributed by atoms with Crippen LogP contribution in [-0.2, 0) is 11.8 Å². The second kappa shape index (κ2) is 4.79. The van der Waals surface area contributed by atoms with Gasteiger partial charge < -0.3 is 20.4 Å². The molecule has 2 rings (SSSR count). The Labute approximate surface area is 101 Å². The largest absolute Gasteiger partial charge is 0.397 e. The summed E-state index contributed by atoms with van der Waals surface area (Å²) < 4.78 is 7.02. The molecule has 1 aliphatic carbocycles. The summed E-state index contributed by atoms with van der Waals surface area (Å²) >= 11 is 0. The summed E-state index contributed by atoms with van der Waals surface area (Å²) in [6.45, 7) is 0. The van der Waals surface area contributed by atoms with Gasteiger partial charge in [0.15, 0.2) is 0 Å². The average Bonchev–Trinajstić information content (AvgIpc) is 2.85. The summed E-state index contributed by atoms with van der Waals surface area (Å²) in [5.74, 6) is -0.0639. The molecule has 1 aromatic rings. The standard InChI is InChI=1S/C12H19N3O2/c1-15-7-8(13)5-11(15)12(16)14-9-3-4-10(6-9)17-2/h5,7,9-10H,3-4,6,13H2,1-2H3,(H,14,16). The lowest BCUT2D eigenvalue weighted by molar-refractivity contribution is 0.0907. The number of nitrogen functional groups attached to an aromatic ring is 1. The lowest BCUT2D eigenvalue weighted by Crippen LogP contribution is -2.34. The summed E-state index contributed by atoms with van der Waals surface area (Å²) in [4.78, 5) is 12.0. The normalized spacial score (nSPS) is 23.9. The van der Waals surface area contributed by atoms with Crippen LogP contribution in [0.4, 0.5) is 5.69 Å². The van der Waals surface area contributed by atoms with Crippen molar-refractivity contribution in [1.29, 1.82) is 0 Å². The van der Waals surface area contributed by atoms with Crippen molar-refractivity contribution in [3.05, 3.63) is 18.0 Å². The molecule has 5 nitrogen and oxygen atoms in total. The number of nitrogens with one attached hydrogen (secondary N) is 1. The number of anilines is 1. The van der Waals surface area contributed by atoms with E-state index in [2.05, 4.69) is 5.32 Å². The zero-order valence-electron chi connectivity index (χ0n) is 10.3. The number of carbonyl (C=O) groups excluding carboxylic acids is 1. The van der Waals surface area contributed by atoms with E-state index in [1.807, 2.05) is 7.05 Å². The highest BCUT2D eigenvalue weighted by Crippen LogP contribution is 2.21. The van der Waals surface area contributed by atoms with Crippen molar-refractivity contribution in [3.63, 3.8) is 0 Å². The van der Waals surface area contributed by atoms with Crippen molar-refractivity contribution in [3.8, 4) is 0 Å². The predicted octanol–water partition coefficient (Wildman–Crippen LogP) is 0.905. The van der Waals surface area contributed by atoms with Gasteiger partial charge in [-0.15, -0.1) is 0 Å². The zero-order valence-corrected chi connectivity index (χ0v) is 10.3. The number of carbonyl (C=O) groups is 1. The van der Waals surface area contributed by atoms with E-state index in [0.717, 1.165) is 19.3 Å². The van der Waals surface area contributed by atoms with E-state index in [-0.39, 0.29) is 18.1 Å². The summed E-state index contributed by atoms with van der Waals surface area (Å²) in [6.07, 6.45) is 4.89. The van der Waals surface area contributed by atoms with Gasteiger partial charge in [0.25, 0.3) is 5.91 Å². The molecule has 1 aromatic heterocycles. The molecular formula is C12H19N3O2. The van der Waals surface area contributed by atoms with Crippen molar-refractivity contribution >= 4 is 11.6 Å². The summed E-state index contributed by atoms with van der Waals surface area (Å²) in [6, 6.07) is 1.90. The third-order valence-corrected chi connectivity index (χ3v) is 3.31. The first-order chi connectivity index (χ1) is 8.10. The van der Waals surface area contributed by atoms with E-state index in [1.165, 1.54) is 0 Å². The van der Waals surface area contributed by atoms with Crippen LogP contribution in [-0.4, -0.2) is 29.7 Å². The maximum absolute atomic E-state index is 12.0. The number of ether oxygens (including phenoxy) is 1. The van der Waals surface area contributed by atoms with E-state index in [0.29, 0.717) is 11.4 Å². The zero-order chi connectivity index (χ0) is 12.4. The highest BCUT2D eigenvalue weighted by atomic mass is 16.5. The Morgan fingerprint density at radius 1 is 1.59 bits per heavy atom. The van der Waals surface area contributed by atoms with E-state index >= 15 is 0 Å². The second-order valence-electron chi connectivity index (χ2n) is 4.61. The Hall–Kier alpha value is -1.49. The molecule has 0 aliphatic heterocycles. The fourth-order valence-electron chi connectivity index (χ4n) is 2.36. The van der Waals surface area contributed by atoms with Crippen LogP contribution in [0.3, 0.4) is 0 Å². The van der Waals surface area contributed by atoms with Crippen molar-refractivity contribution < 1.29 is 9.53 Å². The Morgan fingerprint density at radius 2 is 2.35 bits per heavy atom. The van der Waals surface area contributed by atoms with Gasteiger partial charge in [0.2, 0.25) is 0 Å². The molecule has 1 aliphatic rings. The van der Waals surface area contributed by atoms with E-state index in [4.69, 9.17) is 10.5 Å². The first-order valence-corrected chi connectivity index (χ1v) is 5.85. The molecule has 2 atom stereocenters. The molecule has 0 bridgehead atoms. The Bertz CT molecular complexity index is 414. The average molecular weight is 237 g/mol. The van der Waals surface area contributed by atoms with Gasteiger partial charge in [0, 0.05) is 26.4 Å². The van der Waals surface area contributed by atoms with Gasteiger partial charge in [-0.25, -0.2) is 0 Å². The summed E-state index contributed by atoms with van der Waals surface area (Å²) in [5, 5.41) is 3.02. The number of nitrogens with two attached hydrogens (primary N) is 1. The molecule has 2 unspecified atom stereocenters. The second-order valence-corrected chi connectivity index (χ2v) is 4.61. The number of rotatable bonds is 3. The number of aryl methyl sites for hydroxylation is 1. The molecule has 1 fully saturated rings. The highest BCUT2D eigenvalue weighted by Gasteiger charge is 2.26. The van der Waals surface area contributed by atoms with Gasteiger partial charge in [-0.3, -0.25) is 4.79 Å². The molecule has 1 amide bonds. The van der Waals surface area contributed by atoms with Crippen LogP contribution in [0, 0.1) is 0 Å². The molecule has 1 saturated carbocycles. The van der Waals surface area contributed by atoms with E-state index < -0.39 is 0 Å². The number of hydrogen-bond acceptors (Lipinski definition) is 3. The van der Waals surface area contributed by atoms with Crippen LogP contribution < -0.4 is 11.1 Å². The number of hydrogen-bond donors (Lipinski definition) is 2. The molecule has 0 radical (unpaired) electrons. The molecule has 0 saturated heterocycles. The maximum atomic E-state index is 12.0. The molecule has 17 heavy (non-hydrogen) atoms. The highest BCUT2D eigenvalue weighted by molar-refractivity contribution is 5.94. The molecule has 94 valence electrons. The molecule has 5 heteroatoms. The van der Waals surface area contributed by atoms with Crippen molar-refractivity contribution in [2.24, 2.45) is 7.05 Å². The third kappa shape index (κ3) is 2.61. The van der Waals surface area contributed by atoms with Gasteiger partial charge >= 0.3 is 0 Å². The molecular weight excluding hydrogens is 218 g/mol. The van der Waals surface area contributed by atoms with Crippen LogP contribution in [0.2, 0.25) is 0 Å². The number of aromatic nitrogens is 1. The minimum absolute atomic E-state index is 0.0639. The first-order valence-electron chi connectivity index (χ1n) is 5.85. The number of amides is 1. The quantitative estimate of drug-likeness (QED) is 0.820. The van der Waals surface area contributed by atoms with Crippen LogP contribution in [0.25, 0.3) is 0 Å². The number of nitrogens with zero attached hydrogens (tertiary/aromatic N) is 1. The van der Waals surface area contributed by atoms with E-state index in [9.17, 15) is 4.79 Å². The van der Waals surface area contributed by atoms with Crippen molar-refractivity contribution in [1.82, 2.24) is 9.88 Å². The fraction of sp³-hybridized carbons (Fsp3) is 0.583. The maximum Gasteiger partial charge on any atom is 0.268 e.